The lowest BCUT2D eigenvalue weighted by molar-refractivity contribution is -0.233. The minimum Gasteiger partial charge on any atom is -0.393 e. The maximum atomic E-state index is 9.42. The summed E-state index contributed by atoms with van der Waals surface area (Å²) in [6.07, 6.45) is 6.49. The van der Waals surface area contributed by atoms with Crippen molar-refractivity contribution in [3.63, 3.8) is 0 Å². The Balaban J connectivity index is 4.03. The van der Waals surface area contributed by atoms with Crippen LogP contribution in [0.15, 0.2) is 0 Å². The summed E-state index contributed by atoms with van der Waals surface area (Å²) in [4.78, 5) is 0. The van der Waals surface area contributed by atoms with Gasteiger partial charge in [-0.2, -0.15) is 0 Å². The molecular formula is C20H42O5. The summed E-state index contributed by atoms with van der Waals surface area (Å²) in [7, 11) is 3.34. The lowest BCUT2D eigenvalue weighted by atomic mass is 9.98. The van der Waals surface area contributed by atoms with Gasteiger partial charge in [0.1, 0.15) is 0 Å². The Hall–Kier alpha value is -0.200. The minimum absolute atomic E-state index is 0.237. The molecule has 5 heteroatoms. The molecule has 0 amide bonds. The van der Waals surface area contributed by atoms with E-state index in [2.05, 4.69) is 13.8 Å². The van der Waals surface area contributed by atoms with Gasteiger partial charge in [-0.05, 0) is 64.2 Å². The fraction of sp³-hybridized carbons (Fsp3) is 1.00. The number of aliphatic hydroxyl groups is 2. The molecule has 0 aliphatic rings. The fourth-order valence-electron chi connectivity index (χ4n) is 3.32. The summed E-state index contributed by atoms with van der Waals surface area (Å²) in [5.74, 6) is 1.01. The fourth-order valence-corrected chi connectivity index (χ4v) is 3.32. The molecule has 0 spiro atoms. The molecule has 0 aromatic heterocycles. The van der Waals surface area contributed by atoms with E-state index < -0.39 is 0 Å². The number of hydrogen-bond acceptors (Lipinski definition) is 5. The van der Waals surface area contributed by atoms with E-state index in [0.717, 1.165) is 51.4 Å². The Morgan fingerprint density at radius 1 is 0.640 bits per heavy atom. The Morgan fingerprint density at radius 3 is 1.28 bits per heavy atom. The highest BCUT2D eigenvalue weighted by Crippen LogP contribution is 2.20. The number of methoxy groups -OCH3 is 2. The summed E-state index contributed by atoms with van der Waals surface area (Å²) in [6.45, 7) is 8.01. The first-order chi connectivity index (χ1) is 11.8. The minimum atomic E-state index is -0.251. The first kappa shape index (κ1) is 24.8. The number of hydrogen-bond donors (Lipinski definition) is 2. The van der Waals surface area contributed by atoms with Crippen molar-refractivity contribution in [1.29, 1.82) is 0 Å². The maximum Gasteiger partial charge on any atom is 0.160 e. The monoisotopic (exact) mass is 362 g/mol. The van der Waals surface area contributed by atoms with Crippen molar-refractivity contribution in [2.45, 2.75) is 104 Å². The quantitative estimate of drug-likeness (QED) is 0.405. The van der Waals surface area contributed by atoms with E-state index in [1.807, 2.05) is 13.8 Å². The molecule has 0 radical (unpaired) electrons. The Bertz CT molecular complexity index is 268. The summed E-state index contributed by atoms with van der Waals surface area (Å²) in [6, 6.07) is 0. The summed E-state index contributed by atoms with van der Waals surface area (Å²) < 4.78 is 16.8. The molecule has 0 aromatic rings. The van der Waals surface area contributed by atoms with Crippen LogP contribution in [0.3, 0.4) is 0 Å². The first-order valence-corrected chi connectivity index (χ1v) is 9.85. The zero-order valence-corrected chi connectivity index (χ0v) is 17.2. The molecule has 0 aliphatic carbocycles. The van der Waals surface area contributed by atoms with Crippen LogP contribution in [0.25, 0.3) is 0 Å². The third-order valence-electron chi connectivity index (χ3n) is 4.59. The van der Waals surface area contributed by atoms with Gasteiger partial charge in [-0.3, -0.25) is 0 Å². The van der Waals surface area contributed by atoms with E-state index in [-0.39, 0.29) is 24.8 Å². The van der Waals surface area contributed by atoms with E-state index in [0.29, 0.717) is 11.8 Å². The summed E-state index contributed by atoms with van der Waals surface area (Å²) in [5, 5.41) is 18.8. The molecule has 0 bridgehead atoms. The van der Waals surface area contributed by atoms with Gasteiger partial charge >= 0.3 is 0 Å². The van der Waals surface area contributed by atoms with E-state index in [1.54, 1.807) is 14.2 Å². The normalized spacial score (nSPS) is 19.2. The summed E-state index contributed by atoms with van der Waals surface area (Å²) in [5.41, 5.74) is 0. The second-order valence-electron chi connectivity index (χ2n) is 7.71. The van der Waals surface area contributed by atoms with Crippen LogP contribution in [-0.4, -0.2) is 49.2 Å². The van der Waals surface area contributed by atoms with Crippen LogP contribution >= 0.6 is 0 Å². The Kier molecular flexibility index (Phi) is 14.8. The highest BCUT2D eigenvalue weighted by Gasteiger charge is 2.17. The van der Waals surface area contributed by atoms with E-state index in [4.69, 9.17) is 14.2 Å². The molecule has 25 heavy (non-hydrogen) atoms. The predicted molar refractivity (Wildman–Crippen MR) is 101 cm³/mol. The highest BCUT2D eigenvalue weighted by molar-refractivity contribution is 4.61. The second kappa shape index (κ2) is 14.9. The van der Waals surface area contributed by atoms with Gasteiger partial charge in [0.25, 0.3) is 0 Å². The molecule has 152 valence electrons. The third-order valence-corrected chi connectivity index (χ3v) is 4.59. The second-order valence-corrected chi connectivity index (χ2v) is 7.71. The molecule has 0 saturated carbocycles. The molecule has 0 rings (SSSR count). The topological polar surface area (TPSA) is 68.2 Å². The van der Waals surface area contributed by atoms with Crippen LogP contribution in [0.1, 0.15) is 79.1 Å². The molecule has 0 heterocycles. The van der Waals surface area contributed by atoms with Crippen LogP contribution < -0.4 is 0 Å². The predicted octanol–water partition coefficient (Wildman–Crippen LogP) is 4.10. The molecule has 0 aliphatic heterocycles. The van der Waals surface area contributed by atoms with Crippen molar-refractivity contribution in [2.75, 3.05) is 14.2 Å². The first-order valence-electron chi connectivity index (χ1n) is 9.85. The standard InChI is InChI=1S/C20H42O5/c1-15(13-17(3)21)9-7-11-19(23-5)25-20(24-6)12-8-10-16(2)14-18(4)22/h15-22H,7-14H2,1-6H3. The van der Waals surface area contributed by atoms with Gasteiger partial charge in [-0.15, -0.1) is 0 Å². The zero-order chi connectivity index (χ0) is 19.2. The number of ether oxygens (including phenoxy) is 3. The van der Waals surface area contributed by atoms with Crippen molar-refractivity contribution in [3.8, 4) is 0 Å². The van der Waals surface area contributed by atoms with Gasteiger partial charge in [0.2, 0.25) is 0 Å². The largest absolute Gasteiger partial charge is 0.393 e. The molecule has 0 aromatic carbocycles. The van der Waals surface area contributed by atoms with Crippen molar-refractivity contribution < 1.29 is 24.4 Å². The smallest absolute Gasteiger partial charge is 0.160 e. The Labute approximate surface area is 155 Å². The van der Waals surface area contributed by atoms with E-state index >= 15 is 0 Å². The molecule has 6 unspecified atom stereocenters. The number of aliphatic hydroxyl groups excluding tert-OH is 2. The molecule has 0 fully saturated rings. The maximum absolute atomic E-state index is 9.42. The molecule has 2 N–H and O–H groups in total. The van der Waals surface area contributed by atoms with Gasteiger partial charge < -0.3 is 24.4 Å². The van der Waals surface area contributed by atoms with E-state index in [1.165, 1.54) is 0 Å². The van der Waals surface area contributed by atoms with Crippen molar-refractivity contribution in [3.05, 3.63) is 0 Å². The lowest BCUT2D eigenvalue weighted by Gasteiger charge is -2.24. The van der Waals surface area contributed by atoms with Crippen molar-refractivity contribution >= 4 is 0 Å². The van der Waals surface area contributed by atoms with Crippen LogP contribution in [0.5, 0.6) is 0 Å². The Morgan fingerprint density at radius 2 is 1.00 bits per heavy atom. The van der Waals surface area contributed by atoms with Crippen LogP contribution in [0.4, 0.5) is 0 Å². The van der Waals surface area contributed by atoms with E-state index in [9.17, 15) is 10.2 Å². The lowest BCUT2D eigenvalue weighted by Crippen LogP contribution is -2.25. The number of rotatable bonds is 16. The van der Waals surface area contributed by atoms with Crippen LogP contribution in [0, 0.1) is 11.8 Å². The van der Waals surface area contributed by atoms with Gasteiger partial charge in [0, 0.05) is 14.2 Å². The highest BCUT2D eigenvalue weighted by atomic mass is 16.8. The SMILES string of the molecule is COC(CCCC(C)CC(C)O)OC(CCCC(C)CC(C)O)OC. The molecule has 5 nitrogen and oxygen atoms in total. The summed E-state index contributed by atoms with van der Waals surface area (Å²) >= 11 is 0. The van der Waals surface area contributed by atoms with Crippen LogP contribution in [-0.2, 0) is 14.2 Å². The van der Waals surface area contributed by atoms with Crippen molar-refractivity contribution in [2.24, 2.45) is 11.8 Å². The van der Waals surface area contributed by atoms with Gasteiger partial charge in [-0.1, -0.05) is 26.7 Å². The average Bonchev–Trinajstić information content (AvgIpc) is 2.50. The molecular weight excluding hydrogens is 320 g/mol. The van der Waals surface area contributed by atoms with Crippen LogP contribution in [0.2, 0.25) is 0 Å². The van der Waals surface area contributed by atoms with Gasteiger partial charge in [-0.25, -0.2) is 0 Å². The zero-order valence-electron chi connectivity index (χ0n) is 17.2. The van der Waals surface area contributed by atoms with Crippen molar-refractivity contribution in [1.82, 2.24) is 0 Å². The molecule has 6 atom stereocenters. The molecule has 0 saturated heterocycles. The van der Waals surface area contributed by atoms with Gasteiger partial charge in [0.05, 0.1) is 12.2 Å². The third kappa shape index (κ3) is 14.6. The average molecular weight is 363 g/mol. The van der Waals surface area contributed by atoms with Gasteiger partial charge in [0.15, 0.2) is 12.6 Å².